The van der Waals surface area contributed by atoms with E-state index in [1.165, 1.54) is 16.8 Å². The van der Waals surface area contributed by atoms with Crippen LogP contribution in [-0.4, -0.2) is 23.8 Å². The van der Waals surface area contributed by atoms with E-state index in [4.69, 9.17) is 27.9 Å². The van der Waals surface area contributed by atoms with E-state index in [2.05, 4.69) is 10.5 Å². The summed E-state index contributed by atoms with van der Waals surface area (Å²) in [7, 11) is 1.59. The van der Waals surface area contributed by atoms with E-state index in [0.717, 1.165) is 11.3 Å². The van der Waals surface area contributed by atoms with Crippen LogP contribution in [0.1, 0.15) is 21.5 Å². The van der Waals surface area contributed by atoms with E-state index >= 15 is 0 Å². The Kier molecular flexibility index (Phi) is 6.69. The van der Waals surface area contributed by atoms with E-state index in [0.29, 0.717) is 22.2 Å². The van der Waals surface area contributed by atoms with Crippen LogP contribution in [0.3, 0.4) is 0 Å². The van der Waals surface area contributed by atoms with Crippen LogP contribution in [0.2, 0.25) is 10.0 Å². The Morgan fingerprint density at radius 1 is 1.14 bits per heavy atom. The first-order valence-electron chi connectivity index (χ1n) is 8.59. The van der Waals surface area contributed by atoms with Gasteiger partial charge in [0.1, 0.15) is 11.3 Å². The maximum atomic E-state index is 12.7. The zero-order valence-electron chi connectivity index (χ0n) is 15.4. The topological polar surface area (TPSA) is 72.7 Å². The van der Waals surface area contributed by atoms with Crippen molar-refractivity contribution in [3.05, 3.63) is 97.9 Å². The van der Waals surface area contributed by atoms with E-state index in [1.807, 2.05) is 24.3 Å². The molecule has 0 fully saturated rings. The van der Waals surface area contributed by atoms with Gasteiger partial charge in [0.15, 0.2) is 0 Å². The standard InChI is InChI=1S/C21H17Cl2N3O3/c1-29-16-9-7-14(8-10-16)13-26-11-3-5-17(21(26)28)20(27)25-24-12-15-4-2-6-18(22)19(15)23/h2-12H,13H2,1H3,(H,25,27)/b24-12-. The lowest BCUT2D eigenvalue weighted by Gasteiger charge is -2.08. The molecule has 0 unspecified atom stereocenters. The summed E-state index contributed by atoms with van der Waals surface area (Å²) in [6.45, 7) is 0.325. The van der Waals surface area contributed by atoms with Crippen molar-refractivity contribution in [2.45, 2.75) is 6.54 Å². The molecule has 148 valence electrons. The molecule has 0 saturated heterocycles. The van der Waals surface area contributed by atoms with Gasteiger partial charge in [0.2, 0.25) is 0 Å². The average molecular weight is 430 g/mol. The van der Waals surface area contributed by atoms with Gasteiger partial charge < -0.3 is 9.30 Å². The van der Waals surface area contributed by atoms with Crippen LogP contribution in [0, 0.1) is 0 Å². The van der Waals surface area contributed by atoms with Crippen LogP contribution in [0.15, 0.2) is 70.7 Å². The maximum Gasteiger partial charge on any atom is 0.276 e. The molecule has 1 amide bonds. The van der Waals surface area contributed by atoms with Gasteiger partial charge in [-0.2, -0.15) is 5.10 Å². The highest BCUT2D eigenvalue weighted by Crippen LogP contribution is 2.24. The molecule has 1 aromatic heterocycles. The van der Waals surface area contributed by atoms with Crippen molar-refractivity contribution < 1.29 is 9.53 Å². The number of methoxy groups -OCH3 is 1. The van der Waals surface area contributed by atoms with Crippen LogP contribution in [0.25, 0.3) is 0 Å². The summed E-state index contributed by atoms with van der Waals surface area (Å²) in [5.41, 5.74) is 3.35. The smallest absolute Gasteiger partial charge is 0.276 e. The number of aromatic nitrogens is 1. The number of nitrogens with one attached hydrogen (secondary N) is 1. The molecule has 0 spiro atoms. The largest absolute Gasteiger partial charge is 0.497 e. The summed E-state index contributed by atoms with van der Waals surface area (Å²) >= 11 is 12.0. The minimum atomic E-state index is -0.617. The molecule has 1 N–H and O–H groups in total. The second-order valence-corrected chi connectivity index (χ2v) is 6.83. The van der Waals surface area contributed by atoms with Crippen LogP contribution in [0.4, 0.5) is 0 Å². The third-order valence-electron chi connectivity index (χ3n) is 4.13. The number of nitrogens with zero attached hydrogens (tertiary/aromatic N) is 2. The molecule has 0 aliphatic rings. The molecule has 29 heavy (non-hydrogen) atoms. The van der Waals surface area contributed by atoms with E-state index in [9.17, 15) is 9.59 Å². The monoisotopic (exact) mass is 429 g/mol. The number of hydrogen-bond donors (Lipinski definition) is 1. The van der Waals surface area contributed by atoms with Gasteiger partial charge in [-0.3, -0.25) is 9.59 Å². The molecule has 0 bridgehead atoms. The number of carbonyl (C=O) groups is 1. The number of ether oxygens (including phenoxy) is 1. The number of carbonyl (C=O) groups excluding carboxylic acids is 1. The highest BCUT2D eigenvalue weighted by Gasteiger charge is 2.12. The van der Waals surface area contributed by atoms with E-state index in [-0.39, 0.29) is 5.56 Å². The van der Waals surface area contributed by atoms with Crippen LogP contribution < -0.4 is 15.7 Å². The van der Waals surface area contributed by atoms with Crippen LogP contribution >= 0.6 is 23.2 Å². The first kappa shape index (κ1) is 20.6. The van der Waals surface area contributed by atoms with E-state index < -0.39 is 11.5 Å². The predicted molar refractivity (Wildman–Crippen MR) is 114 cm³/mol. The van der Waals surface area contributed by atoms with Crippen LogP contribution in [-0.2, 0) is 6.54 Å². The van der Waals surface area contributed by atoms with Gasteiger partial charge in [-0.05, 0) is 35.9 Å². The number of amides is 1. The quantitative estimate of drug-likeness (QED) is 0.475. The fourth-order valence-corrected chi connectivity index (χ4v) is 2.96. The molecule has 8 heteroatoms. The van der Waals surface area contributed by atoms with Crippen LogP contribution in [0.5, 0.6) is 5.75 Å². The van der Waals surface area contributed by atoms with Crippen molar-refractivity contribution in [3.63, 3.8) is 0 Å². The number of hydrazone groups is 1. The molecule has 3 rings (SSSR count). The summed E-state index contributed by atoms with van der Waals surface area (Å²) in [6, 6.07) is 15.5. The molecule has 1 heterocycles. The summed E-state index contributed by atoms with van der Waals surface area (Å²) < 4.78 is 6.58. The minimum Gasteiger partial charge on any atom is -0.497 e. The maximum absolute atomic E-state index is 12.7. The lowest BCUT2D eigenvalue weighted by atomic mass is 10.2. The minimum absolute atomic E-state index is 0.0182. The van der Waals surface area contributed by atoms with Gasteiger partial charge in [-0.25, -0.2) is 5.43 Å². The number of halogens is 2. The molecule has 6 nitrogen and oxygen atoms in total. The molecule has 0 saturated carbocycles. The van der Waals surface area contributed by atoms with Crippen molar-refractivity contribution in [3.8, 4) is 5.75 Å². The molecule has 2 aromatic carbocycles. The van der Waals surface area contributed by atoms with Gasteiger partial charge in [-0.1, -0.05) is 47.5 Å². The Labute approximate surface area is 177 Å². The van der Waals surface area contributed by atoms with Crippen molar-refractivity contribution in [2.24, 2.45) is 5.10 Å². The molecule has 3 aromatic rings. The van der Waals surface area contributed by atoms with Crippen molar-refractivity contribution in [1.82, 2.24) is 9.99 Å². The zero-order valence-corrected chi connectivity index (χ0v) is 16.9. The molecular formula is C21H17Cl2N3O3. The Balaban J connectivity index is 1.74. The van der Waals surface area contributed by atoms with Crippen molar-refractivity contribution >= 4 is 35.3 Å². The Hall–Kier alpha value is -3.09. The first-order valence-corrected chi connectivity index (χ1v) is 9.35. The Morgan fingerprint density at radius 3 is 2.62 bits per heavy atom. The SMILES string of the molecule is COc1ccc(Cn2cccc(C(=O)N/N=C\c3cccc(Cl)c3Cl)c2=O)cc1. The number of rotatable bonds is 6. The molecule has 0 aliphatic carbocycles. The molecule has 0 radical (unpaired) electrons. The van der Waals surface area contributed by atoms with Gasteiger partial charge >= 0.3 is 0 Å². The van der Waals surface area contributed by atoms with E-state index in [1.54, 1.807) is 37.6 Å². The lowest BCUT2D eigenvalue weighted by Crippen LogP contribution is -2.30. The van der Waals surface area contributed by atoms with Crippen molar-refractivity contribution in [1.29, 1.82) is 0 Å². The zero-order chi connectivity index (χ0) is 20.8. The third-order valence-corrected chi connectivity index (χ3v) is 4.96. The van der Waals surface area contributed by atoms with Crippen molar-refractivity contribution in [2.75, 3.05) is 7.11 Å². The Bertz CT molecular complexity index is 1110. The number of pyridine rings is 1. The van der Waals surface area contributed by atoms with Gasteiger partial charge in [0.05, 0.1) is 29.9 Å². The lowest BCUT2D eigenvalue weighted by molar-refractivity contribution is 0.0953. The first-order chi connectivity index (χ1) is 14.0. The summed E-state index contributed by atoms with van der Waals surface area (Å²) in [4.78, 5) is 25.0. The highest BCUT2D eigenvalue weighted by molar-refractivity contribution is 6.43. The fraction of sp³-hybridized carbons (Fsp3) is 0.0952. The number of hydrogen-bond acceptors (Lipinski definition) is 4. The normalized spacial score (nSPS) is 10.9. The average Bonchev–Trinajstić information content (AvgIpc) is 2.73. The molecule has 0 atom stereocenters. The summed E-state index contributed by atoms with van der Waals surface area (Å²) in [5, 5.41) is 4.57. The Morgan fingerprint density at radius 2 is 1.90 bits per heavy atom. The second kappa shape index (κ2) is 9.41. The molecule has 0 aliphatic heterocycles. The van der Waals surface area contributed by atoms with Gasteiger partial charge in [-0.15, -0.1) is 0 Å². The third kappa shape index (κ3) is 5.04. The number of benzene rings is 2. The fourth-order valence-electron chi connectivity index (χ4n) is 2.60. The van der Waals surface area contributed by atoms with Gasteiger partial charge in [0, 0.05) is 11.8 Å². The predicted octanol–water partition coefficient (Wildman–Crippen LogP) is 3.98. The second-order valence-electron chi connectivity index (χ2n) is 6.05. The summed E-state index contributed by atoms with van der Waals surface area (Å²) in [5.74, 6) is 0.111. The summed E-state index contributed by atoms with van der Waals surface area (Å²) in [6.07, 6.45) is 2.99. The highest BCUT2D eigenvalue weighted by atomic mass is 35.5. The molecular weight excluding hydrogens is 413 g/mol. The van der Waals surface area contributed by atoms with Gasteiger partial charge in [0.25, 0.3) is 11.5 Å².